The van der Waals surface area contributed by atoms with Crippen LogP contribution in [0.2, 0.25) is 0 Å². The second-order valence-corrected chi connectivity index (χ2v) is 5.57. The van der Waals surface area contributed by atoms with Crippen molar-refractivity contribution in [2.24, 2.45) is 0 Å². The van der Waals surface area contributed by atoms with Crippen LogP contribution in [0.3, 0.4) is 0 Å². The lowest BCUT2D eigenvalue weighted by Crippen LogP contribution is -2.27. The van der Waals surface area contributed by atoms with Crippen LogP contribution in [-0.2, 0) is 23.0 Å². The largest absolute Gasteiger partial charge is 0.262 e. The number of hydrogen-bond acceptors (Lipinski definition) is 5. The first-order valence-corrected chi connectivity index (χ1v) is 7.02. The molecule has 0 spiro atoms. The van der Waals surface area contributed by atoms with Crippen molar-refractivity contribution in [2.75, 3.05) is 5.75 Å². The molecule has 0 aliphatic carbocycles. The zero-order valence-corrected chi connectivity index (χ0v) is 10.4. The molecule has 0 unspecified atom stereocenters. The lowest BCUT2D eigenvalue weighted by molar-refractivity contribution is 0.578. The van der Waals surface area contributed by atoms with E-state index in [0.29, 0.717) is 12.2 Å². The van der Waals surface area contributed by atoms with Crippen LogP contribution in [0.1, 0.15) is 11.5 Å². The zero-order chi connectivity index (χ0) is 12.8. The molecule has 2 rings (SSSR count). The number of aromatic amines is 1. The Bertz CT molecular complexity index is 568. The summed E-state index contributed by atoms with van der Waals surface area (Å²) in [5, 5.41) is 6.22. The highest BCUT2D eigenvalue weighted by molar-refractivity contribution is 7.89. The fourth-order valence-corrected chi connectivity index (χ4v) is 2.33. The van der Waals surface area contributed by atoms with Crippen LogP contribution >= 0.6 is 0 Å². The van der Waals surface area contributed by atoms with E-state index in [1.165, 1.54) is 6.33 Å². The van der Waals surface area contributed by atoms with Gasteiger partial charge in [0.2, 0.25) is 10.0 Å². The van der Waals surface area contributed by atoms with Crippen molar-refractivity contribution in [3.8, 4) is 0 Å². The lowest BCUT2D eigenvalue weighted by Gasteiger charge is -2.04. The van der Waals surface area contributed by atoms with E-state index in [1.54, 1.807) is 18.3 Å². The van der Waals surface area contributed by atoms with Crippen molar-refractivity contribution in [3.63, 3.8) is 0 Å². The van der Waals surface area contributed by atoms with Gasteiger partial charge in [-0.15, -0.1) is 0 Å². The average Bonchev–Trinajstić information content (AvgIpc) is 2.89. The molecule has 0 aliphatic heterocycles. The predicted octanol–water partition coefficient (Wildman–Crippen LogP) is -0.138. The van der Waals surface area contributed by atoms with Crippen molar-refractivity contribution in [2.45, 2.75) is 13.0 Å². The molecule has 0 radical (unpaired) electrons. The molecule has 0 amide bonds. The molecule has 2 heterocycles. The summed E-state index contributed by atoms with van der Waals surface area (Å²) in [7, 11) is -3.33. The Hall–Kier alpha value is -1.80. The molecule has 0 fully saturated rings. The van der Waals surface area contributed by atoms with E-state index in [4.69, 9.17) is 0 Å². The second kappa shape index (κ2) is 5.69. The number of rotatable bonds is 6. The summed E-state index contributed by atoms with van der Waals surface area (Å²) in [5.41, 5.74) is 0.752. The van der Waals surface area contributed by atoms with Crippen LogP contribution in [0.5, 0.6) is 0 Å². The molecule has 0 saturated carbocycles. The third-order valence-corrected chi connectivity index (χ3v) is 3.60. The van der Waals surface area contributed by atoms with E-state index < -0.39 is 10.0 Å². The molecule has 0 bridgehead atoms. The van der Waals surface area contributed by atoms with Crippen molar-refractivity contribution < 1.29 is 8.42 Å². The van der Waals surface area contributed by atoms with Gasteiger partial charge in [0.25, 0.3) is 0 Å². The first-order chi connectivity index (χ1) is 8.66. The van der Waals surface area contributed by atoms with Gasteiger partial charge >= 0.3 is 0 Å². The highest BCUT2D eigenvalue weighted by atomic mass is 32.2. The minimum absolute atomic E-state index is 0.00183. The molecule has 0 aliphatic rings. The Morgan fingerprint density at radius 1 is 1.28 bits per heavy atom. The fraction of sp³-hybridized carbons (Fsp3) is 0.300. The SMILES string of the molecule is O=S(=O)(CCc1ccccn1)NCc1ncn[nH]1. The number of H-pyrrole nitrogens is 1. The average molecular weight is 267 g/mol. The summed E-state index contributed by atoms with van der Waals surface area (Å²) < 4.78 is 25.8. The molecule has 7 nitrogen and oxygen atoms in total. The van der Waals surface area contributed by atoms with E-state index in [-0.39, 0.29) is 12.3 Å². The molecule has 2 aromatic rings. The maximum absolute atomic E-state index is 11.7. The number of nitrogens with one attached hydrogen (secondary N) is 2. The third kappa shape index (κ3) is 3.90. The summed E-state index contributed by atoms with van der Waals surface area (Å²) in [6, 6.07) is 5.42. The van der Waals surface area contributed by atoms with Crippen molar-refractivity contribution >= 4 is 10.0 Å². The molecule has 96 valence electrons. The minimum atomic E-state index is -3.33. The number of aromatic nitrogens is 4. The second-order valence-electron chi connectivity index (χ2n) is 3.64. The van der Waals surface area contributed by atoms with E-state index in [1.807, 2.05) is 6.07 Å². The normalized spacial score (nSPS) is 11.6. The summed E-state index contributed by atoms with van der Waals surface area (Å²) in [5.74, 6) is 0.481. The van der Waals surface area contributed by atoms with Gasteiger partial charge in [-0.05, 0) is 12.1 Å². The Morgan fingerprint density at radius 2 is 2.17 bits per heavy atom. The molecule has 0 saturated heterocycles. The Kier molecular flexibility index (Phi) is 4.00. The van der Waals surface area contributed by atoms with Crippen LogP contribution in [-0.4, -0.2) is 34.3 Å². The fourth-order valence-electron chi connectivity index (χ4n) is 1.35. The van der Waals surface area contributed by atoms with E-state index in [2.05, 4.69) is 24.9 Å². The first-order valence-electron chi connectivity index (χ1n) is 5.37. The van der Waals surface area contributed by atoms with Gasteiger partial charge in [0, 0.05) is 18.3 Å². The molecular formula is C10H13N5O2S. The van der Waals surface area contributed by atoms with Gasteiger partial charge in [-0.2, -0.15) is 5.10 Å². The van der Waals surface area contributed by atoms with Crippen LogP contribution < -0.4 is 4.72 Å². The highest BCUT2D eigenvalue weighted by Crippen LogP contribution is 1.98. The number of nitrogens with zero attached hydrogens (tertiary/aromatic N) is 3. The lowest BCUT2D eigenvalue weighted by atomic mass is 10.3. The summed E-state index contributed by atoms with van der Waals surface area (Å²) in [6.45, 7) is 0.116. The third-order valence-electron chi connectivity index (χ3n) is 2.28. The highest BCUT2D eigenvalue weighted by Gasteiger charge is 2.11. The molecule has 0 atom stereocenters. The van der Waals surface area contributed by atoms with Gasteiger partial charge in [-0.25, -0.2) is 18.1 Å². The van der Waals surface area contributed by atoms with Crippen LogP contribution in [0.4, 0.5) is 0 Å². The van der Waals surface area contributed by atoms with Gasteiger partial charge < -0.3 is 0 Å². The Morgan fingerprint density at radius 3 is 2.83 bits per heavy atom. The maximum atomic E-state index is 11.7. The predicted molar refractivity (Wildman–Crippen MR) is 65.0 cm³/mol. The number of sulfonamides is 1. The van der Waals surface area contributed by atoms with E-state index >= 15 is 0 Å². The number of pyridine rings is 1. The van der Waals surface area contributed by atoms with Gasteiger partial charge in [0.1, 0.15) is 12.2 Å². The minimum Gasteiger partial charge on any atom is -0.262 e. The maximum Gasteiger partial charge on any atom is 0.212 e. The summed E-state index contributed by atoms with van der Waals surface area (Å²) >= 11 is 0. The molecule has 0 aromatic carbocycles. The summed E-state index contributed by atoms with van der Waals surface area (Å²) in [6.07, 6.45) is 3.36. The quantitative estimate of drug-likeness (QED) is 0.758. The van der Waals surface area contributed by atoms with E-state index in [9.17, 15) is 8.42 Å². The first kappa shape index (κ1) is 12.7. The molecule has 2 N–H and O–H groups in total. The van der Waals surface area contributed by atoms with Crippen molar-refractivity contribution in [3.05, 3.63) is 42.2 Å². The summed E-state index contributed by atoms with van der Waals surface area (Å²) in [4.78, 5) is 7.90. The van der Waals surface area contributed by atoms with Gasteiger partial charge in [-0.1, -0.05) is 6.07 Å². The molecule has 2 aromatic heterocycles. The molecule has 18 heavy (non-hydrogen) atoms. The van der Waals surface area contributed by atoms with E-state index in [0.717, 1.165) is 5.69 Å². The van der Waals surface area contributed by atoms with Crippen molar-refractivity contribution in [1.29, 1.82) is 0 Å². The monoisotopic (exact) mass is 267 g/mol. The Balaban J connectivity index is 1.84. The van der Waals surface area contributed by atoms with Crippen LogP contribution in [0.25, 0.3) is 0 Å². The Labute approximate surface area is 105 Å². The zero-order valence-electron chi connectivity index (χ0n) is 9.57. The van der Waals surface area contributed by atoms with Gasteiger partial charge in [0.15, 0.2) is 0 Å². The molecule has 8 heteroatoms. The topological polar surface area (TPSA) is 101 Å². The van der Waals surface area contributed by atoms with Gasteiger partial charge in [0.05, 0.1) is 12.3 Å². The van der Waals surface area contributed by atoms with Crippen LogP contribution in [0.15, 0.2) is 30.7 Å². The molecular weight excluding hydrogens is 254 g/mol. The standard InChI is InChI=1S/C10H13N5O2S/c16-18(17,14-7-10-12-8-13-15-10)6-4-9-3-1-2-5-11-9/h1-3,5,8,14H,4,6-7H2,(H,12,13,15). The van der Waals surface area contributed by atoms with Crippen LogP contribution in [0, 0.1) is 0 Å². The number of aryl methyl sites for hydroxylation is 1. The van der Waals surface area contributed by atoms with Crippen molar-refractivity contribution in [1.82, 2.24) is 24.9 Å². The number of hydrogen-bond donors (Lipinski definition) is 2. The van der Waals surface area contributed by atoms with Gasteiger partial charge in [-0.3, -0.25) is 10.1 Å². The smallest absolute Gasteiger partial charge is 0.212 e.